The highest BCUT2D eigenvalue weighted by Gasteiger charge is 2.28. The SMILES string of the molecule is Cc1ccc(C(=O)NC2CCC(S(C)(=O)=O)CC2)cc1Cl. The number of benzene rings is 1. The second-order valence-corrected chi connectivity index (χ2v) is 8.47. The lowest BCUT2D eigenvalue weighted by Gasteiger charge is -2.28. The molecule has 116 valence electrons. The third-order valence-corrected chi connectivity index (χ3v) is 6.14. The molecule has 0 radical (unpaired) electrons. The number of carbonyl (C=O) groups excluding carboxylic acids is 1. The monoisotopic (exact) mass is 329 g/mol. The van der Waals surface area contributed by atoms with Gasteiger partial charge in [0.1, 0.15) is 9.84 Å². The first-order valence-electron chi connectivity index (χ1n) is 7.03. The standard InChI is InChI=1S/C15H20ClNO3S/c1-10-3-4-11(9-14(10)16)15(18)17-12-5-7-13(8-6-12)21(2,19)20/h3-4,9,12-13H,5-8H2,1-2H3,(H,17,18). The maximum absolute atomic E-state index is 12.2. The largest absolute Gasteiger partial charge is 0.349 e. The summed E-state index contributed by atoms with van der Waals surface area (Å²) < 4.78 is 23.0. The quantitative estimate of drug-likeness (QED) is 0.927. The van der Waals surface area contributed by atoms with E-state index in [1.54, 1.807) is 12.1 Å². The molecule has 1 fully saturated rings. The highest BCUT2D eigenvalue weighted by molar-refractivity contribution is 7.91. The van der Waals surface area contributed by atoms with E-state index in [0.717, 1.165) is 5.56 Å². The molecule has 0 unspecified atom stereocenters. The lowest BCUT2D eigenvalue weighted by Crippen LogP contribution is -2.40. The number of hydrogen-bond acceptors (Lipinski definition) is 3. The van der Waals surface area contributed by atoms with Gasteiger partial charge in [-0.1, -0.05) is 17.7 Å². The van der Waals surface area contributed by atoms with Crippen molar-refractivity contribution in [3.63, 3.8) is 0 Å². The highest BCUT2D eigenvalue weighted by atomic mass is 35.5. The van der Waals surface area contributed by atoms with Gasteiger partial charge in [-0.15, -0.1) is 0 Å². The molecule has 21 heavy (non-hydrogen) atoms. The molecule has 1 N–H and O–H groups in total. The molecule has 1 aliphatic rings. The highest BCUT2D eigenvalue weighted by Crippen LogP contribution is 2.24. The molecule has 4 nitrogen and oxygen atoms in total. The van der Waals surface area contributed by atoms with Gasteiger partial charge in [-0.3, -0.25) is 4.79 Å². The summed E-state index contributed by atoms with van der Waals surface area (Å²) >= 11 is 6.02. The van der Waals surface area contributed by atoms with Gasteiger partial charge in [-0.05, 0) is 50.3 Å². The summed E-state index contributed by atoms with van der Waals surface area (Å²) in [5.74, 6) is -0.153. The minimum absolute atomic E-state index is 0.0376. The summed E-state index contributed by atoms with van der Waals surface area (Å²) in [6.07, 6.45) is 3.90. The molecular formula is C15H20ClNO3S. The topological polar surface area (TPSA) is 63.2 Å². The molecule has 1 saturated carbocycles. The number of carbonyl (C=O) groups is 1. The molecule has 0 saturated heterocycles. The van der Waals surface area contributed by atoms with Crippen LogP contribution in [-0.4, -0.2) is 31.9 Å². The lowest BCUT2D eigenvalue weighted by molar-refractivity contribution is 0.0928. The van der Waals surface area contributed by atoms with E-state index >= 15 is 0 Å². The average molecular weight is 330 g/mol. The first-order chi connectivity index (χ1) is 9.77. The van der Waals surface area contributed by atoms with Gasteiger partial charge in [0.25, 0.3) is 5.91 Å². The first-order valence-corrected chi connectivity index (χ1v) is 9.36. The molecular weight excluding hydrogens is 310 g/mol. The molecule has 0 spiro atoms. The number of aryl methyl sites for hydroxylation is 1. The molecule has 0 aromatic heterocycles. The Balaban J connectivity index is 1.94. The lowest BCUT2D eigenvalue weighted by atomic mass is 9.94. The van der Waals surface area contributed by atoms with E-state index < -0.39 is 9.84 Å². The summed E-state index contributed by atoms with van der Waals surface area (Å²) in [5.41, 5.74) is 1.47. The number of nitrogens with one attached hydrogen (secondary N) is 1. The second kappa shape index (κ2) is 6.36. The fraction of sp³-hybridized carbons (Fsp3) is 0.533. The molecule has 1 amide bonds. The summed E-state index contributed by atoms with van der Waals surface area (Å²) in [5, 5.41) is 3.27. The minimum atomic E-state index is -2.97. The van der Waals surface area contributed by atoms with Crippen LogP contribution in [0.1, 0.15) is 41.6 Å². The van der Waals surface area contributed by atoms with E-state index in [4.69, 9.17) is 11.6 Å². The van der Waals surface area contributed by atoms with Gasteiger partial charge in [-0.2, -0.15) is 0 Å². The molecule has 0 aliphatic heterocycles. The zero-order valence-electron chi connectivity index (χ0n) is 12.2. The van der Waals surface area contributed by atoms with Crippen molar-refractivity contribution in [1.82, 2.24) is 5.32 Å². The van der Waals surface area contributed by atoms with Crippen LogP contribution in [-0.2, 0) is 9.84 Å². The first kappa shape index (κ1) is 16.3. The molecule has 1 aliphatic carbocycles. The van der Waals surface area contributed by atoms with Crippen LogP contribution in [0.4, 0.5) is 0 Å². The van der Waals surface area contributed by atoms with Gasteiger partial charge < -0.3 is 5.32 Å². The number of hydrogen-bond donors (Lipinski definition) is 1. The minimum Gasteiger partial charge on any atom is -0.349 e. The maximum atomic E-state index is 12.2. The Morgan fingerprint density at radius 1 is 1.24 bits per heavy atom. The fourth-order valence-electron chi connectivity index (χ4n) is 2.64. The number of sulfone groups is 1. The van der Waals surface area contributed by atoms with Crippen molar-refractivity contribution in [2.45, 2.75) is 43.9 Å². The van der Waals surface area contributed by atoms with Gasteiger partial charge in [0, 0.05) is 22.9 Å². The van der Waals surface area contributed by atoms with Crippen LogP contribution in [0.5, 0.6) is 0 Å². The normalized spacial score (nSPS) is 22.8. The molecule has 0 atom stereocenters. The van der Waals surface area contributed by atoms with Crippen molar-refractivity contribution in [2.24, 2.45) is 0 Å². The molecule has 0 heterocycles. The molecule has 1 aromatic rings. The van der Waals surface area contributed by atoms with Crippen molar-refractivity contribution < 1.29 is 13.2 Å². The van der Waals surface area contributed by atoms with Crippen molar-refractivity contribution >= 4 is 27.3 Å². The van der Waals surface area contributed by atoms with Crippen LogP contribution < -0.4 is 5.32 Å². The predicted molar refractivity (Wildman–Crippen MR) is 84.5 cm³/mol. The van der Waals surface area contributed by atoms with Crippen LogP contribution in [0.25, 0.3) is 0 Å². The van der Waals surface area contributed by atoms with Gasteiger partial charge in [0.15, 0.2) is 0 Å². The van der Waals surface area contributed by atoms with E-state index in [9.17, 15) is 13.2 Å². The Morgan fingerprint density at radius 3 is 2.38 bits per heavy atom. The van der Waals surface area contributed by atoms with Crippen LogP contribution in [0.3, 0.4) is 0 Å². The molecule has 0 bridgehead atoms. The van der Waals surface area contributed by atoms with Crippen LogP contribution in [0.15, 0.2) is 18.2 Å². The van der Waals surface area contributed by atoms with Crippen molar-refractivity contribution in [1.29, 1.82) is 0 Å². The number of halogens is 1. The van der Waals surface area contributed by atoms with Crippen molar-refractivity contribution in [2.75, 3.05) is 6.26 Å². The smallest absolute Gasteiger partial charge is 0.251 e. The molecule has 2 rings (SSSR count). The van der Waals surface area contributed by atoms with Crippen molar-refractivity contribution in [3.05, 3.63) is 34.3 Å². The summed E-state index contributed by atoms with van der Waals surface area (Å²) in [6.45, 7) is 1.89. The van der Waals surface area contributed by atoms with E-state index in [0.29, 0.717) is 36.3 Å². The van der Waals surface area contributed by atoms with Crippen molar-refractivity contribution in [3.8, 4) is 0 Å². The molecule has 1 aromatic carbocycles. The van der Waals surface area contributed by atoms with E-state index in [1.807, 2.05) is 13.0 Å². The Morgan fingerprint density at radius 2 is 1.86 bits per heavy atom. The number of rotatable bonds is 3. The third kappa shape index (κ3) is 4.20. The van der Waals surface area contributed by atoms with Crippen LogP contribution >= 0.6 is 11.6 Å². The van der Waals surface area contributed by atoms with Crippen LogP contribution in [0, 0.1) is 6.92 Å². The average Bonchev–Trinajstić information content (AvgIpc) is 2.41. The number of amides is 1. The predicted octanol–water partition coefficient (Wildman–Crippen LogP) is 2.73. The van der Waals surface area contributed by atoms with Gasteiger partial charge in [-0.25, -0.2) is 8.42 Å². The van der Waals surface area contributed by atoms with E-state index in [-0.39, 0.29) is 17.2 Å². The Hall–Kier alpha value is -1.07. The Bertz CT molecular complexity index is 634. The fourth-order valence-corrected chi connectivity index (χ4v) is 3.95. The Labute approximate surface area is 130 Å². The zero-order valence-corrected chi connectivity index (χ0v) is 13.8. The zero-order chi connectivity index (χ0) is 15.6. The van der Waals surface area contributed by atoms with E-state index in [1.165, 1.54) is 6.26 Å². The van der Waals surface area contributed by atoms with Gasteiger partial charge in [0.05, 0.1) is 5.25 Å². The summed E-state index contributed by atoms with van der Waals surface area (Å²) in [4.78, 5) is 12.2. The van der Waals surface area contributed by atoms with Gasteiger partial charge in [0.2, 0.25) is 0 Å². The maximum Gasteiger partial charge on any atom is 0.251 e. The second-order valence-electron chi connectivity index (χ2n) is 5.74. The summed E-state index contributed by atoms with van der Waals surface area (Å²) in [6, 6.07) is 5.26. The van der Waals surface area contributed by atoms with Crippen LogP contribution in [0.2, 0.25) is 5.02 Å². The Kier molecular flexibility index (Phi) is 4.94. The van der Waals surface area contributed by atoms with Gasteiger partial charge >= 0.3 is 0 Å². The third-order valence-electron chi connectivity index (χ3n) is 4.05. The van der Waals surface area contributed by atoms with E-state index in [2.05, 4.69) is 5.32 Å². The summed E-state index contributed by atoms with van der Waals surface area (Å²) in [7, 11) is -2.97. The molecule has 6 heteroatoms.